The number of hydrogen-bond donors (Lipinski definition) is 1. The first-order valence-corrected chi connectivity index (χ1v) is 7.48. The summed E-state index contributed by atoms with van der Waals surface area (Å²) in [6.45, 7) is 0. The van der Waals surface area contributed by atoms with Crippen LogP contribution >= 0.6 is 23.4 Å². The predicted octanol–water partition coefficient (Wildman–Crippen LogP) is 3.36. The van der Waals surface area contributed by atoms with E-state index in [1.807, 2.05) is 0 Å². The zero-order valence-electron chi connectivity index (χ0n) is 11.2. The Balaban J connectivity index is 2.01. The summed E-state index contributed by atoms with van der Waals surface area (Å²) < 4.78 is 10.6. The minimum absolute atomic E-state index is 0.123. The van der Waals surface area contributed by atoms with E-state index in [0.29, 0.717) is 39.6 Å². The molecule has 0 aliphatic heterocycles. The number of methoxy groups -OCH3 is 1. The number of carboxylic acid groups (broad SMARTS) is 1. The Bertz CT molecular complexity index is 632. The van der Waals surface area contributed by atoms with Crippen molar-refractivity contribution in [3.63, 3.8) is 0 Å². The lowest BCUT2D eigenvalue weighted by molar-refractivity contribution is -0.137. The summed E-state index contributed by atoms with van der Waals surface area (Å²) >= 11 is 7.45. The van der Waals surface area contributed by atoms with Gasteiger partial charge < -0.3 is 14.3 Å². The molecule has 21 heavy (non-hydrogen) atoms. The van der Waals surface area contributed by atoms with Crippen LogP contribution in [0.3, 0.4) is 0 Å². The second kappa shape index (κ2) is 7.33. The lowest BCUT2D eigenvalue weighted by Gasteiger charge is -2.02. The summed E-state index contributed by atoms with van der Waals surface area (Å²) in [5.41, 5.74) is 0.627. The monoisotopic (exact) mass is 328 g/mol. The molecule has 0 aliphatic rings. The first-order valence-electron chi connectivity index (χ1n) is 6.12. The molecule has 1 heterocycles. The van der Waals surface area contributed by atoms with E-state index < -0.39 is 5.97 Å². The number of hydrogen-bond acceptors (Lipinski definition) is 6. The zero-order valence-corrected chi connectivity index (χ0v) is 12.8. The SMILES string of the molecule is COc1ccc(-c2nnc(SCCCC(=O)O)o2)c(Cl)c1. The summed E-state index contributed by atoms with van der Waals surface area (Å²) in [7, 11) is 1.56. The molecule has 0 fully saturated rings. The second-order valence-electron chi connectivity index (χ2n) is 4.06. The first kappa shape index (κ1) is 15.7. The van der Waals surface area contributed by atoms with Gasteiger partial charge in [0, 0.05) is 12.2 Å². The molecule has 0 saturated heterocycles. The molecule has 0 atom stereocenters. The molecule has 0 spiro atoms. The van der Waals surface area contributed by atoms with Crippen LogP contribution in [-0.4, -0.2) is 34.1 Å². The van der Waals surface area contributed by atoms with Gasteiger partial charge in [-0.25, -0.2) is 0 Å². The number of benzene rings is 1. The third-order valence-electron chi connectivity index (χ3n) is 2.57. The maximum absolute atomic E-state index is 10.4. The van der Waals surface area contributed by atoms with Crippen LogP contribution in [-0.2, 0) is 4.79 Å². The molecule has 1 aromatic carbocycles. The maximum Gasteiger partial charge on any atom is 0.303 e. The average molecular weight is 329 g/mol. The summed E-state index contributed by atoms with van der Waals surface area (Å²) in [5.74, 6) is 0.756. The Morgan fingerprint density at radius 2 is 2.29 bits per heavy atom. The Kier molecular flexibility index (Phi) is 5.46. The quantitative estimate of drug-likeness (QED) is 0.616. The van der Waals surface area contributed by atoms with Crippen molar-refractivity contribution < 1.29 is 19.1 Å². The molecule has 0 aliphatic carbocycles. The summed E-state index contributed by atoms with van der Waals surface area (Å²) in [6.07, 6.45) is 0.666. The Labute approximate surface area is 130 Å². The van der Waals surface area contributed by atoms with Crippen molar-refractivity contribution in [1.29, 1.82) is 0 Å². The lowest BCUT2D eigenvalue weighted by Crippen LogP contribution is -1.94. The van der Waals surface area contributed by atoms with Gasteiger partial charge >= 0.3 is 5.97 Å². The normalized spacial score (nSPS) is 10.6. The topological polar surface area (TPSA) is 85.5 Å². The number of thioether (sulfide) groups is 1. The van der Waals surface area contributed by atoms with E-state index in [-0.39, 0.29) is 6.42 Å². The highest BCUT2D eigenvalue weighted by molar-refractivity contribution is 7.99. The van der Waals surface area contributed by atoms with Gasteiger partial charge in [-0.15, -0.1) is 10.2 Å². The van der Waals surface area contributed by atoms with Gasteiger partial charge in [-0.2, -0.15) is 0 Å². The van der Waals surface area contributed by atoms with Crippen molar-refractivity contribution in [3.8, 4) is 17.2 Å². The van der Waals surface area contributed by atoms with Gasteiger partial charge in [0.25, 0.3) is 5.22 Å². The van der Waals surface area contributed by atoms with E-state index in [4.69, 9.17) is 25.9 Å². The van der Waals surface area contributed by atoms with Crippen molar-refractivity contribution in [2.24, 2.45) is 0 Å². The van der Waals surface area contributed by atoms with E-state index in [1.165, 1.54) is 11.8 Å². The second-order valence-corrected chi connectivity index (χ2v) is 5.52. The van der Waals surface area contributed by atoms with Crippen molar-refractivity contribution in [3.05, 3.63) is 23.2 Å². The maximum atomic E-state index is 10.4. The number of halogens is 1. The molecule has 0 amide bonds. The molecule has 8 heteroatoms. The van der Waals surface area contributed by atoms with E-state index in [0.717, 1.165) is 0 Å². The van der Waals surface area contributed by atoms with Crippen LogP contribution in [0.15, 0.2) is 27.8 Å². The fourth-order valence-corrected chi connectivity index (χ4v) is 2.51. The minimum Gasteiger partial charge on any atom is -0.497 e. The molecule has 0 saturated carbocycles. The number of rotatable bonds is 7. The van der Waals surface area contributed by atoms with E-state index in [9.17, 15) is 4.79 Å². The van der Waals surface area contributed by atoms with Gasteiger partial charge in [-0.3, -0.25) is 4.79 Å². The molecule has 112 valence electrons. The molecule has 0 bridgehead atoms. The molecule has 2 aromatic rings. The highest BCUT2D eigenvalue weighted by atomic mass is 35.5. The third-order valence-corrected chi connectivity index (χ3v) is 3.79. The highest BCUT2D eigenvalue weighted by Gasteiger charge is 2.13. The van der Waals surface area contributed by atoms with Gasteiger partial charge in [-0.1, -0.05) is 23.4 Å². The minimum atomic E-state index is -0.813. The van der Waals surface area contributed by atoms with Crippen LogP contribution in [0, 0.1) is 0 Å². The largest absolute Gasteiger partial charge is 0.497 e. The summed E-state index contributed by atoms with van der Waals surface area (Å²) in [5, 5.41) is 17.2. The highest BCUT2D eigenvalue weighted by Crippen LogP contribution is 2.31. The van der Waals surface area contributed by atoms with Gasteiger partial charge in [0.15, 0.2) is 0 Å². The molecule has 1 aromatic heterocycles. The van der Waals surface area contributed by atoms with Crippen LogP contribution < -0.4 is 4.74 Å². The molecular weight excluding hydrogens is 316 g/mol. The fourth-order valence-electron chi connectivity index (χ4n) is 1.56. The van der Waals surface area contributed by atoms with Crippen molar-refractivity contribution >= 4 is 29.3 Å². The van der Waals surface area contributed by atoms with Gasteiger partial charge in [0.2, 0.25) is 5.89 Å². The summed E-state index contributed by atoms with van der Waals surface area (Å²) in [4.78, 5) is 10.4. The van der Waals surface area contributed by atoms with Crippen molar-refractivity contribution in [1.82, 2.24) is 10.2 Å². The van der Waals surface area contributed by atoms with Crippen LogP contribution in [0.1, 0.15) is 12.8 Å². The molecule has 0 radical (unpaired) electrons. The predicted molar refractivity (Wildman–Crippen MR) is 78.9 cm³/mol. The van der Waals surface area contributed by atoms with Crippen molar-refractivity contribution in [2.75, 3.05) is 12.9 Å². The summed E-state index contributed by atoms with van der Waals surface area (Å²) in [6, 6.07) is 5.17. The van der Waals surface area contributed by atoms with Crippen LogP contribution in [0.2, 0.25) is 5.02 Å². The molecule has 0 unspecified atom stereocenters. The van der Waals surface area contributed by atoms with Crippen LogP contribution in [0.25, 0.3) is 11.5 Å². The Hall–Kier alpha value is -1.73. The zero-order chi connectivity index (χ0) is 15.2. The number of ether oxygens (including phenoxy) is 1. The van der Waals surface area contributed by atoms with E-state index in [2.05, 4.69) is 10.2 Å². The van der Waals surface area contributed by atoms with E-state index >= 15 is 0 Å². The Morgan fingerprint density at radius 3 is 2.95 bits per heavy atom. The van der Waals surface area contributed by atoms with Gasteiger partial charge in [0.05, 0.1) is 17.7 Å². The van der Waals surface area contributed by atoms with Gasteiger partial charge in [-0.05, 0) is 24.6 Å². The number of aromatic nitrogens is 2. The first-order chi connectivity index (χ1) is 10.1. The molecule has 2 rings (SSSR count). The van der Waals surface area contributed by atoms with Crippen LogP contribution in [0.5, 0.6) is 5.75 Å². The molecule has 6 nitrogen and oxygen atoms in total. The average Bonchev–Trinajstić information content (AvgIpc) is 2.91. The molecule has 1 N–H and O–H groups in total. The third kappa shape index (κ3) is 4.37. The number of aliphatic carboxylic acids is 1. The standard InChI is InChI=1S/C13H13ClN2O4S/c1-19-8-4-5-9(10(14)7-8)12-15-16-13(20-12)21-6-2-3-11(17)18/h4-5,7H,2-3,6H2,1H3,(H,17,18). The Morgan fingerprint density at radius 1 is 1.48 bits per heavy atom. The fraction of sp³-hybridized carbons (Fsp3) is 0.308. The van der Waals surface area contributed by atoms with Gasteiger partial charge in [0.1, 0.15) is 5.75 Å². The molecular formula is C13H13ClN2O4S. The number of carboxylic acids is 1. The van der Waals surface area contributed by atoms with Crippen molar-refractivity contribution in [2.45, 2.75) is 18.1 Å². The van der Waals surface area contributed by atoms with E-state index in [1.54, 1.807) is 25.3 Å². The number of nitrogens with zero attached hydrogens (tertiary/aromatic N) is 2. The lowest BCUT2D eigenvalue weighted by atomic mass is 10.2. The smallest absolute Gasteiger partial charge is 0.303 e. The van der Waals surface area contributed by atoms with Crippen LogP contribution in [0.4, 0.5) is 0 Å². The number of carbonyl (C=O) groups is 1.